The predicted molar refractivity (Wildman–Crippen MR) is 206 cm³/mol. The van der Waals surface area contributed by atoms with Crippen LogP contribution in [-0.4, -0.2) is 10.2 Å². The van der Waals surface area contributed by atoms with Crippen LogP contribution < -0.4 is 0 Å². The van der Waals surface area contributed by atoms with Gasteiger partial charge in [-0.2, -0.15) is 0 Å². The second-order valence-electron chi connectivity index (χ2n) is 15.3. The van der Waals surface area contributed by atoms with Crippen molar-refractivity contribution in [3.05, 3.63) is 64.2 Å². The molecule has 0 fully saturated rings. The first-order valence-electron chi connectivity index (χ1n) is 20.3. The van der Waals surface area contributed by atoms with Crippen LogP contribution in [0.3, 0.4) is 0 Å². The summed E-state index contributed by atoms with van der Waals surface area (Å²) in [5.41, 5.74) is 11.2. The summed E-state index contributed by atoms with van der Waals surface area (Å²) in [4.78, 5) is 0. The van der Waals surface area contributed by atoms with Crippen LogP contribution in [0.2, 0.25) is 0 Å². The van der Waals surface area contributed by atoms with E-state index in [1.165, 1.54) is 195 Å². The van der Waals surface area contributed by atoms with Crippen molar-refractivity contribution in [2.45, 2.75) is 199 Å². The highest BCUT2D eigenvalue weighted by atomic mass is 28.1. The highest BCUT2D eigenvalue weighted by Crippen LogP contribution is 2.56. The molecule has 0 N–H and O–H groups in total. The molecule has 0 saturated heterocycles. The van der Waals surface area contributed by atoms with Crippen molar-refractivity contribution in [1.82, 2.24) is 0 Å². The van der Waals surface area contributed by atoms with Crippen LogP contribution in [0.15, 0.2) is 42.0 Å². The van der Waals surface area contributed by atoms with E-state index in [4.69, 9.17) is 0 Å². The van der Waals surface area contributed by atoms with Gasteiger partial charge in [-0.05, 0) is 64.8 Å². The molecule has 3 radical (unpaired) electrons. The molecule has 4 rings (SSSR count). The zero-order valence-corrected chi connectivity index (χ0v) is 31.5. The molecular weight excluding hydrogens is 569 g/mol. The third-order valence-electron chi connectivity index (χ3n) is 11.5. The first kappa shape index (κ1) is 37.2. The van der Waals surface area contributed by atoms with Gasteiger partial charge in [-0.15, -0.1) is 0 Å². The molecule has 1 atom stereocenters. The van der Waals surface area contributed by atoms with Gasteiger partial charge in [0.2, 0.25) is 0 Å². The third-order valence-corrected chi connectivity index (χ3v) is 12.3. The quantitative estimate of drug-likeness (QED) is 0.0711. The number of rotatable bonds is 26. The normalized spacial score (nSPS) is 16.0. The number of unbranched alkanes of at least 4 members (excludes halogenated alkanes) is 22. The van der Waals surface area contributed by atoms with Crippen molar-refractivity contribution in [1.29, 1.82) is 0 Å². The second kappa shape index (κ2) is 20.7. The lowest BCUT2D eigenvalue weighted by Crippen LogP contribution is -2.26. The fourth-order valence-corrected chi connectivity index (χ4v) is 9.01. The van der Waals surface area contributed by atoms with E-state index in [2.05, 4.69) is 73.5 Å². The van der Waals surface area contributed by atoms with Crippen LogP contribution in [0.1, 0.15) is 216 Å². The Hall–Kier alpha value is -1.60. The van der Waals surface area contributed by atoms with Gasteiger partial charge in [-0.3, -0.25) is 0 Å². The van der Waals surface area contributed by atoms with E-state index < -0.39 is 0 Å². The Kier molecular flexibility index (Phi) is 16.7. The Morgan fingerprint density at radius 1 is 0.522 bits per heavy atom. The monoisotopic (exact) mass is 638 g/mol. The van der Waals surface area contributed by atoms with E-state index in [1.807, 2.05) is 0 Å². The summed E-state index contributed by atoms with van der Waals surface area (Å²) < 4.78 is 0. The number of benzene rings is 2. The minimum atomic E-state index is 0.181. The van der Waals surface area contributed by atoms with Gasteiger partial charge < -0.3 is 0 Å². The summed E-state index contributed by atoms with van der Waals surface area (Å²) in [6.45, 7) is 6.91. The van der Waals surface area contributed by atoms with E-state index in [-0.39, 0.29) is 5.41 Å². The van der Waals surface area contributed by atoms with Crippen molar-refractivity contribution in [2.24, 2.45) is 0 Å². The average Bonchev–Trinajstić information content (AvgIpc) is 3.50. The average molecular weight is 638 g/mol. The highest BCUT2D eigenvalue weighted by Gasteiger charge is 2.43. The van der Waals surface area contributed by atoms with Crippen LogP contribution in [0, 0.1) is 0 Å². The Morgan fingerprint density at radius 3 is 1.43 bits per heavy atom. The van der Waals surface area contributed by atoms with Crippen molar-refractivity contribution in [3.63, 3.8) is 0 Å². The number of hydrogen-bond donors (Lipinski definition) is 0. The van der Waals surface area contributed by atoms with Crippen LogP contribution in [0.4, 0.5) is 0 Å². The molecule has 0 aromatic heterocycles. The Balaban J connectivity index is 1.33. The molecule has 2 aliphatic carbocycles. The van der Waals surface area contributed by atoms with Crippen molar-refractivity contribution >= 4 is 16.3 Å². The summed E-state index contributed by atoms with van der Waals surface area (Å²) >= 11 is 0. The van der Waals surface area contributed by atoms with Crippen molar-refractivity contribution < 1.29 is 0 Å². The molecular formula is C45H69Si. The molecule has 2 aromatic carbocycles. The van der Waals surface area contributed by atoms with E-state index >= 15 is 0 Å². The van der Waals surface area contributed by atoms with Gasteiger partial charge in [0.1, 0.15) is 0 Å². The van der Waals surface area contributed by atoms with E-state index in [1.54, 1.807) is 11.1 Å². The lowest BCUT2D eigenvalue weighted by Gasteiger charge is -2.33. The third kappa shape index (κ3) is 10.4. The molecule has 253 valence electrons. The van der Waals surface area contributed by atoms with Gasteiger partial charge in [0.15, 0.2) is 0 Å². The van der Waals surface area contributed by atoms with Gasteiger partial charge in [0, 0.05) is 15.7 Å². The lowest BCUT2D eigenvalue weighted by molar-refractivity contribution is 0.396. The molecule has 0 amide bonds. The predicted octanol–water partition coefficient (Wildman–Crippen LogP) is 14.8. The number of allylic oxidation sites excluding steroid dienone is 1. The maximum absolute atomic E-state index is 4.10. The van der Waals surface area contributed by atoms with E-state index in [0.717, 1.165) is 0 Å². The standard InChI is InChI=1S/C45H69Si/c1-4-6-8-10-12-14-16-18-20-22-24-28-32-45(33-29-25-23-21-19-17-15-13-11-9-7-5-2)42-31-27-26-30-39(42)41-35-38-34-37(3)44(46)40(38)36-43(41)45/h26-27,30-31,34-36,44H,4-25,28-29,32-33H2,1-3H3. The molecule has 1 heteroatoms. The molecule has 0 heterocycles. The number of fused-ring (bicyclic) bond motifs is 4. The zero-order valence-electron chi connectivity index (χ0n) is 30.5. The van der Waals surface area contributed by atoms with Gasteiger partial charge in [-0.1, -0.05) is 210 Å². The molecule has 0 spiro atoms. The largest absolute Gasteiger partial charge is 0.0688 e. The molecule has 0 bridgehead atoms. The van der Waals surface area contributed by atoms with Gasteiger partial charge in [0.25, 0.3) is 0 Å². The molecule has 2 aliphatic rings. The van der Waals surface area contributed by atoms with Crippen molar-refractivity contribution in [3.8, 4) is 11.1 Å². The first-order chi connectivity index (χ1) is 22.6. The Bertz CT molecular complexity index is 1140. The summed E-state index contributed by atoms with van der Waals surface area (Å²) in [7, 11) is 4.10. The smallest absolute Gasteiger partial charge is 0.0392 e. The maximum atomic E-state index is 4.10. The molecule has 0 saturated carbocycles. The molecule has 2 aromatic rings. The van der Waals surface area contributed by atoms with Gasteiger partial charge in [-0.25, -0.2) is 0 Å². The van der Waals surface area contributed by atoms with E-state index in [0.29, 0.717) is 5.54 Å². The minimum Gasteiger partial charge on any atom is -0.0688 e. The summed E-state index contributed by atoms with van der Waals surface area (Å²) in [5.74, 6) is 0. The fraction of sp³-hybridized carbons (Fsp3) is 0.689. The first-order valence-corrected chi connectivity index (χ1v) is 20.9. The zero-order chi connectivity index (χ0) is 32.5. The SMILES string of the molecule is CCCCCCCCCCCCCCC1(CCCCCCCCCCCCCC)c2ccccc2-c2cc3c(cc21)C([Si])C(C)=C3. The summed E-state index contributed by atoms with van der Waals surface area (Å²) in [6, 6.07) is 14.7. The minimum absolute atomic E-state index is 0.181. The summed E-state index contributed by atoms with van der Waals surface area (Å²) in [6.07, 6.45) is 39.1. The number of hydrogen-bond acceptors (Lipinski definition) is 0. The van der Waals surface area contributed by atoms with Crippen LogP contribution in [0.5, 0.6) is 0 Å². The Morgan fingerprint density at radius 2 is 0.957 bits per heavy atom. The van der Waals surface area contributed by atoms with Gasteiger partial charge >= 0.3 is 0 Å². The molecule has 1 unspecified atom stereocenters. The Labute approximate surface area is 289 Å². The summed E-state index contributed by atoms with van der Waals surface area (Å²) in [5, 5.41) is 0. The van der Waals surface area contributed by atoms with Crippen LogP contribution in [-0.2, 0) is 5.41 Å². The lowest BCUT2D eigenvalue weighted by atomic mass is 9.70. The topological polar surface area (TPSA) is 0 Å². The second-order valence-corrected chi connectivity index (χ2v) is 15.8. The van der Waals surface area contributed by atoms with Gasteiger partial charge in [0.05, 0.1) is 0 Å². The van der Waals surface area contributed by atoms with Crippen LogP contribution >= 0.6 is 0 Å². The maximum Gasteiger partial charge on any atom is 0.0392 e. The van der Waals surface area contributed by atoms with Crippen LogP contribution in [0.25, 0.3) is 17.2 Å². The van der Waals surface area contributed by atoms with E-state index in [9.17, 15) is 0 Å². The van der Waals surface area contributed by atoms with Crippen molar-refractivity contribution in [2.75, 3.05) is 0 Å². The highest BCUT2D eigenvalue weighted by molar-refractivity contribution is 6.16. The molecule has 46 heavy (non-hydrogen) atoms. The molecule has 0 nitrogen and oxygen atoms in total. The fourth-order valence-electron chi connectivity index (χ4n) is 8.68. The molecule has 0 aliphatic heterocycles.